The van der Waals surface area contributed by atoms with Gasteiger partial charge in [-0.05, 0) is 36.7 Å². The van der Waals surface area contributed by atoms with Crippen LogP contribution in [0.15, 0.2) is 18.2 Å². The van der Waals surface area contributed by atoms with Crippen molar-refractivity contribution >= 4 is 17.3 Å². The van der Waals surface area contributed by atoms with Crippen LogP contribution in [-0.2, 0) is 0 Å². The molecule has 3 nitrogen and oxygen atoms in total. The molecule has 2 aliphatic rings. The summed E-state index contributed by atoms with van der Waals surface area (Å²) in [5.41, 5.74) is 8.63. The summed E-state index contributed by atoms with van der Waals surface area (Å²) in [6, 6.07) is 6.54. The van der Waals surface area contributed by atoms with Crippen LogP contribution in [0.4, 0.5) is 5.69 Å². The third-order valence-electron chi connectivity index (χ3n) is 3.70. The van der Waals surface area contributed by atoms with Gasteiger partial charge >= 0.3 is 0 Å². The molecule has 1 fully saturated rings. The highest BCUT2D eigenvalue weighted by atomic mass is 35.5. The van der Waals surface area contributed by atoms with Gasteiger partial charge in [0.25, 0.3) is 0 Å². The molecule has 0 spiro atoms. The molecule has 1 aromatic rings. The van der Waals surface area contributed by atoms with Gasteiger partial charge in [0.05, 0.1) is 0 Å². The van der Waals surface area contributed by atoms with Gasteiger partial charge in [0, 0.05) is 35.3 Å². The number of nitrogens with two attached hydrogens (primary N) is 1. The van der Waals surface area contributed by atoms with Crippen molar-refractivity contribution in [3.8, 4) is 0 Å². The summed E-state index contributed by atoms with van der Waals surface area (Å²) in [6.07, 6.45) is 1.14. The number of rotatable bonds is 0. The minimum atomic E-state index is 0.0905. The lowest BCUT2D eigenvalue weighted by molar-refractivity contribution is 0.288. The van der Waals surface area contributed by atoms with E-state index in [0.717, 1.165) is 35.8 Å². The third-order valence-corrected chi connectivity index (χ3v) is 3.94. The Labute approximate surface area is 100 Å². The Morgan fingerprint density at radius 3 is 3.12 bits per heavy atom. The normalized spacial score (nSPS) is 32.5. The van der Waals surface area contributed by atoms with Gasteiger partial charge in [-0.15, -0.1) is 0 Å². The van der Waals surface area contributed by atoms with Gasteiger partial charge in [-0.25, -0.2) is 0 Å². The van der Waals surface area contributed by atoms with Crippen molar-refractivity contribution in [1.82, 2.24) is 5.32 Å². The van der Waals surface area contributed by atoms with Crippen LogP contribution >= 0.6 is 11.6 Å². The summed E-state index contributed by atoms with van der Waals surface area (Å²) in [4.78, 5) is 0. The number of halogens is 1. The van der Waals surface area contributed by atoms with Crippen LogP contribution in [-0.4, -0.2) is 19.1 Å². The Hall–Kier alpha value is -0.770. The van der Waals surface area contributed by atoms with Gasteiger partial charge < -0.3 is 16.4 Å². The first-order chi connectivity index (χ1) is 7.75. The summed E-state index contributed by atoms with van der Waals surface area (Å²) < 4.78 is 0. The molecule has 3 atom stereocenters. The predicted molar refractivity (Wildman–Crippen MR) is 66.8 cm³/mol. The molecule has 0 saturated carbocycles. The molecule has 86 valence electrons. The molecule has 1 aromatic carbocycles. The monoisotopic (exact) mass is 237 g/mol. The van der Waals surface area contributed by atoms with Crippen molar-refractivity contribution in [3.63, 3.8) is 0 Å². The number of hydrogen-bond acceptors (Lipinski definition) is 3. The zero-order valence-corrected chi connectivity index (χ0v) is 9.80. The zero-order valence-electron chi connectivity index (χ0n) is 9.04. The summed E-state index contributed by atoms with van der Waals surface area (Å²) >= 11 is 6.02. The molecule has 1 saturated heterocycles. The Balaban J connectivity index is 2.00. The van der Waals surface area contributed by atoms with Crippen LogP contribution < -0.4 is 16.4 Å². The Bertz CT molecular complexity index is 407. The Morgan fingerprint density at radius 1 is 1.38 bits per heavy atom. The van der Waals surface area contributed by atoms with E-state index in [4.69, 9.17) is 17.3 Å². The molecule has 4 heteroatoms. The van der Waals surface area contributed by atoms with Crippen LogP contribution in [0.25, 0.3) is 0 Å². The van der Waals surface area contributed by atoms with Crippen molar-refractivity contribution in [2.75, 3.05) is 18.4 Å². The summed E-state index contributed by atoms with van der Waals surface area (Å²) in [5, 5.41) is 7.75. The van der Waals surface area contributed by atoms with Crippen LogP contribution in [0.1, 0.15) is 18.0 Å². The number of piperidine rings is 1. The number of fused-ring (bicyclic) bond motifs is 2. The van der Waals surface area contributed by atoms with Gasteiger partial charge in [-0.1, -0.05) is 11.6 Å². The number of benzene rings is 1. The Morgan fingerprint density at radius 2 is 2.25 bits per heavy atom. The van der Waals surface area contributed by atoms with E-state index < -0.39 is 0 Å². The second-order valence-corrected chi connectivity index (χ2v) is 5.10. The lowest BCUT2D eigenvalue weighted by atomic mass is 9.80. The van der Waals surface area contributed by atoms with E-state index in [1.165, 1.54) is 0 Å². The smallest absolute Gasteiger partial charge is 0.0410 e. The fourth-order valence-electron chi connectivity index (χ4n) is 2.81. The first-order valence-corrected chi connectivity index (χ1v) is 6.16. The maximum Gasteiger partial charge on any atom is 0.0410 e. The summed E-state index contributed by atoms with van der Waals surface area (Å²) in [6.45, 7) is 2.06. The van der Waals surface area contributed by atoms with Crippen LogP contribution in [0.2, 0.25) is 5.02 Å². The maximum absolute atomic E-state index is 6.33. The zero-order chi connectivity index (χ0) is 11.1. The lowest BCUT2D eigenvalue weighted by Gasteiger charge is -2.42. The van der Waals surface area contributed by atoms with Crippen molar-refractivity contribution in [1.29, 1.82) is 0 Å². The molecule has 0 aliphatic carbocycles. The highest BCUT2D eigenvalue weighted by Gasteiger charge is 2.35. The molecule has 0 amide bonds. The molecule has 16 heavy (non-hydrogen) atoms. The van der Waals surface area contributed by atoms with Crippen molar-refractivity contribution in [3.05, 3.63) is 28.8 Å². The minimum Gasteiger partial charge on any atom is -0.382 e. The average Bonchev–Trinajstić information content (AvgIpc) is 2.31. The molecule has 0 bridgehead atoms. The lowest BCUT2D eigenvalue weighted by Crippen LogP contribution is -2.51. The van der Waals surface area contributed by atoms with E-state index in [0.29, 0.717) is 12.0 Å². The van der Waals surface area contributed by atoms with Crippen molar-refractivity contribution in [2.45, 2.75) is 18.5 Å². The van der Waals surface area contributed by atoms with E-state index in [-0.39, 0.29) is 6.04 Å². The van der Waals surface area contributed by atoms with E-state index in [2.05, 4.69) is 10.6 Å². The molecule has 2 aliphatic heterocycles. The number of anilines is 1. The molecule has 0 radical (unpaired) electrons. The second kappa shape index (κ2) is 3.91. The fraction of sp³-hybridized carbons (Fsp3) is 0.500. The van der Waals surface area contributed by atoms with E-state index in [1.54, 1.807) is 0 Å². The number of nitrogens with one attached hydrogen (secondary N) is 2. The van der Waals surface area contributed by atoms with E-state index >= 15 is 0 Å². The molecule has 4 N–H and O–H groups in total. The maximum atomic E-state index is 6.33. The third kappa shape index (κ3) is 1.59. The fourth-order valence-corrected chi connectivity index (χ4v) is 2.99. The van der Waals surface area contributed by atoms with Crippen LogP contribution in [0.3, 0.4) is 0 Å². The van der Waals surface area contributed by atoms with Crippen LogP contribution in [0.5, 0.6) is 0 Å². The topological polar surface area (TPSA) is 50.1 Å². The van der Waals surface area contributed by atoms with Gasteiger partial charge in [0.2, 0.25) is 0 Å². The van der Waals surface area contributed by atoms with Gasteiger partial charge in [0.1, 0.15) is 0 Å². The molecular weight excluding hydrogens is 222 g/mol. The van der Waals surface area contributed by atoms with Gasteiger partial charge in [-0.3, -0.25) is 0 Å². The second-order valence-electron chi connectivity index (χ2n) is 4.66. The Kier molecular flexibility index (Phi) is 2.54. The summed E-state index contributed by atoms with van der Waals surface area (Å²) in [7, 11) is 0. The first-order valence-electron chi connectivity index (χ1n) is 5.78. The SMILES string of the molecule is NC1c2cc(Cl)ccc2NC2CCNCC21. The predicted octanol–water partition coefficient (Wildman–Crippen LogP) is 1.74. The van der Waals surface area contributed by atoms with Crippen LogP contribution in [0, 0.1) is 5.92 Å². The van der Waals surface area contributed by atoms with Gasteiger partial charge in [-0.2, -0.15) is 0 Å². The van der Waals surface area contributed by atoms with E-state index in [1.807, 2.05) is 18.2 Å². The van der Waals surface area contributed by atoms with Crippen molar-refractivity contribution in [2.24, 2.45) is 11.7 Å². The molecule has 2 heterocycles. The minimum absolute atomic E-state index is 0.0905. The summed E-state index contributed by atoms with van der Waals surface area (Å²) in [5.74, 6) is 0.472. The molecule has 0 aromatic heterocycles. The molecular formula is C12H16ClN3. The van der Waals surface area contributed by atoms with Crippen molar-refractivity contribution < 1.29 is 0 Å². The number of hydrogen-bond donors (Lipinski definition) is 3. The quantitative estimate of drug-likeness (QED) is 0.644. The standard InChI is InChI=1S/C12H16ClN3/c13-7-1-2-10-8(5-7)12(14)9-6-15-4-3-11(9)16-10/h1-2,5,9,11-12,15-16H,3-4,6,14H2. The largest absolute Gasteiger partial charge is 0.382 e. The van der Waals surface area contributed by atoms with E-state index in [9.17, 15) is 0 Å². The molecule has 3 rings (SSSR count). The highest BCUT2D eigenvalue weighted by Crippen LogP contribution is 2.38. The van der Waals surface area contributed by atoms with Gasteiger partial charge in [0.15, 0.2) is 0 Å². The first kappa shape index (κ1) is 10.4. The highest BCUT2D eigenvalue weighted by molar-refractivity contribution is 6.30. The molecule has 3 unspecified atom stereocenters. The average molecular weight is 238 g/mol.